The van der Waals surface area contributed by atoms with E-state index in [1.807, 2.05) is 6.08 Å². The number of benzene rings is 1. The molecular weight excluding hydrogens is 206 g/mol. The van der Waals surface area contributed by atoms with Crippen molar-refractivity contribution in [2.75, 3.05) is 13.7 Å². The van der Waals surface area contributed by atoms with E-state index in [1.54, 1.807) is 24.3 Å². The number of hydrogen-bond acceptors (Lipinski definition) is 3. The molecule has 4 heteroatoms. The number of ether oxygens (including phenoxy) is 1. The lowest BCUT2D eigenvalue weighted by Gasteiger charge is -2.02. The van der Waals surface area contributed by atoms with E-state index < -0.39 is 0 Å². The molecule has 2 rings (SSSR count). The van der Waals surface area contributed by atoms with Crippen LogP contribution in [-0.4, -0.2) is 25.5 Å². The Bertz CT molecular complexity index is 460. The summed E-state index contributed by atoms with van der Waals surface area (Å²) in [6.45, 7) is 0.562. The van der Waals surface area contributed by atoms with Crippen molar-refractivity contribution in [1.29, 1.82) is 0 Å². The van der Waals surface area contributed by atoms with E-state index in [2.05, 4.69) is 10.1 Å². The zero-order valence-corrected chi connectivity index (χ0v) is 8.82. The van der Waals surface area contributed by atoms with Crippen LogP contribution in [0.3, 0.4) is 0 Å². The number of hydrogen-bond donors (Lipinski definition) is 1. The number of amides is 1. The first-order valence-electron chi connectivity index (χ1n) is 4.89. The lowest BCUT2D eigenvalue weighted by Crippen LogP contribution is -2.16. The Labute approximate surface area is 92.9 Å². The second-order valence-corrected chi connectivity index (χ2v) is 3.40. The van der Waals surface area contributed by atoms with Gasteiger partial charge in [-0.05, 0) is 17.7 Å². The summed E-state index contributed by atoms with van der Waals surface area (Å²) >= 11 is 0. The highest BCUT2D eigenvalue weighted by atomic mass is 16.5. The van der Waals surface area contributed by atoms with Crippen LogP contribution in [0.4, 0.5) is 0 Å². The molecule has 1 amide bonds. The minimum Gasteiger partial charge on any atom is -0.465 e. The first-order chi connectivity index (χ1) is 7.72. The number of carbonyl (C=O) groups is 2. The number of rotatable bonds is 2. The Morgan fingerprint density at radius 3 is 2.50 bits per heavy atom. The van der Waals surface area contributed by atoms with E-state index in [9.17, 15) is 9.59 Å². The fraction of sp³-hybridized carbons (Fsp3) is 0.167. The van der Waals surface area contributed by atoms with Gasteiger partial charge in [0.1, 0.15) is 0 Å². The summed E-state index contributed by atoms with van der Waals surface area (Å²) in [5, 5.41) is 2.69. The third kappa shape index (κ3) is 1.82. The van der Waals surface area contributed by atoms with Crippen molar-refractivity contribution in [3.63, 3.8) is 0 Å². The van der Waals surface area contributed by atoms with Crippen LogP contribution in [0.2, 0.25) is 0 Å². The van der Waals surface area contributed by atoms with Crippen LogP contribution in [0.1, 0.15) is 15.9 Å². The maximum atomic E-state index is 11.4. The summed E-state index contributed by atoms with van der Waals surface area (Å²) in [5.41, 5.74) is 1.93. The van der Waals surface area contributed by atoms with E-state index in [4.69, 9.17) is 0 Å². The zero-order chi connectivity index (χ0) is 11.5. The molecule has 16 heavy (non-hydrogen) atoms. The largest absolute Gasteiger partial charge is 0.465 e. The van der Waals surface area contributed by atoms with Crippen LogP contribution in [0, 0.1) is 0 Å². The van der Waals surface area contributed by atoms with Crippen molar-refractivity contribution in [2.45, 2.75) is 0 Å². The van der Waals surface area contributed by atoms with Crippen molar-refractivity contribution in [3.05, 3.63) is 41.5 Å². The highest BCUT2D eigenvalue weighted by Crippen LogP contribution is 2.18. The van der Waals surface area contributed by atoms with Crippen molar-refractivity contribution < 1.29 is 14.3 Å². The molecule has 0 fully saturated rings. The molecule has 4 nitrogen and oxygen atoms in total. The van der Waals surface area contributed by atoms with Gasteiger partial charge in [-0.3, -0.25) is 4.79 Å². The number of nitrogens with one attached hydrogen (secondary N) is 1. The van der Waals surface area contributed by atoms with E-state index in [0.717, 1.165) is 5.56 Å². The molecule has 0 spiro atoms. The van der Waals surface area contributed by atoms with Gasteiger partial charge in [0.15, 0.2) is 0 Å². The van der Waals surface area contributed by atoms with Crippen LogP contribution in [0.25, 0.3) is 5.57 Å². The highest BCUT2D eigenvalue weighted by molar-refractivity contribution is 6.21. The zero-order valence-electron chi connectivity index (χ0n) is 8.82. The SMILES string of the molecule is COC(=O)c1ccc(C2=CCNC2=O)cc1. The quantitative estimate of drug-likeness (QED) is 0.751. The van der Waals surface area contributed by atoms with Crippen LogP contribution >= 0.6 is 0 Å². The van der Waals surface area contributed by atoms with E-state index in [0.29, 0.717) is 17.7 Å². The Hall–Kier alpha value is -2.10. The number of esters is 1. The Morgan fingerprint density at radius 1 is 1.31 bits per heavy atom. The summed E-state index contributed by atoms with van der Waals surface area (Å²) in [4.78, 5) is 22.6. The first kappa shape index (κ1) is 10.4. The Morgan fingerprint density at radius 2 is 2.00 bits per heavy atom. The standard InChI is InChI=1S/C12H11NO3/c1-16-12(15)9-4-2-8(3-5-9)10-6-7-13-11(10)14/h2-6H,7H2,1H3,(H,13,14). The molecule has 0 aromatic heterocycles. The average Bonchev–Trinajstić information content (AvgIpc) is 2.75. The summed E-state index contributed by atoms with van der Waals surface area (Å²) < 4.78 is 4.59. The molecule has 1 aromatic carbocycles. The molecule has 0 saturated carbocycles. The molecule has 1 heterocycles. The molecule has 0 bridgehead atoms. The van der Waals surface area contributed by atoms with Gasteiger partial charge in [0.05, 0.1) is 12.7 Å². The van der Waals surface area contributed by atoms with Crippen LogP contribution < -0.4 is 5.32 Å². The smallest absolute Gasteiger partial charge is 0.337 e. The van der Waals surface area contributed by atoms with Gasteiger partial charge in [-0.15, -0.1) is 0 Å². The minimum atomic E-state index is -0.378. The van der Waals surface area contributed by atoms with E-state index in [1.165, 1.54) is 7.11 Å². The van der Waals surface area contributed by atoms with Gasteiger partial charge in [-0.1, -0.05) is 18.2 Å². The summed E-state index contributed by atoms with van der Waals surface area (Å²) in [7, 11) is 1.34. The van der Waals surface area contributed by atoms with Gasteiger partial charge in [0.25, 0.3) is 5.91 Å². The topological polar surface area (TPSA) is 55.4 Å². The molecule has 0 aliphatic carbocycles. The van der Waals surface area contributed by atoms with Gasteiger partial charge in [-0.25, -0.2) is 4.79 Å². The Balaban J connectivity index is 2.26. The summed E-state index contributed by atoms with van der Waals surface area (Å²) in [5.74, 6) is -0.456. The molecular formula is C12H11NO3. The average molecular weight is 217 g/mol. The van der Waals surface area contributed by atoms with Crippen LogP contribution in [0.5, 0.6) is 0 Å². The molecule has 1 aliphatic rings. The molecule has 1 aromatic rings. The predicted octanol–water partition coefficient (Wildman–Crippen LogP) is 0.986. The van der Waals surface area contributed by atoms with Crippen molar-refractivity contribution >= 4 is 17.4 Å². The minimum absolute atomic E-state index is 0.0779. The molecule has 0 unspecified atom stereocenters. The normalized spacial score (nSPS) is 14.3. The van der Waals surface area contributed by atoms with Gasteiger partial charge >= 0.3 is 5.97 Å². The molecule has 0 saturated heterocycles. The monoisotopic (exact) mass is 217 g/mol. The number of methoxy groups -OCH3 is 1. The van der Waals surface area contributed by atoms with Crippen molar-refractivity contribution in [3.8, 4) is 0 Å². The first-order valence-corrected chi connectivity index (χ1v) is 4.89. The molecule has 0 atom stereocenters. The van der Waals surface area contributed by atoms with Crippen molar-refractivity contribution in [2.24, 2.45) is 0 Å². The maximum absolute atomic E-state index is 11.4. The van der Waals surface area contributed by atoms with E-state index >= 15 is 0 Å². The van der Waals surface area contributed by atoms with Gasteiger partial charge in [0, 0.05) is 12.1 Å². The van der Waals surface area contributed by atoms with Crippen molar-refractivity contribution in [1.82, 2.24) is 5.32 Å². The fourth-order valence-electron chi connectivity index (χ4n) is 1.59. The molecule has 1 aliphatic heterocycles. The molecule has 0 radical (unpaired) electrons. The predicted molar refractivity (Wildman–Crippen MR) is 58.8 cm³/mol. The Kier molecular flexibility index (Phi) is 2.72. The van der Waals surface area contributed by atoms with Gasteiger partial charge in [0.2, 0.25) is 0 Å². The lowest BCUT2D eigenvalue weighted by molar-refractivity contribution is -0.114. The lowest BCUT2D eigenvalue weighted by atomic mass is 10.0. The number of carbonyl (C=O) groups excluding carboxylic acids is 2. The summed E-state index contributed by atoms with van der Waals surface area (Å²) in [6, 6.07) is 6.77. The highest BCUT2D eigenvalue weighted by Gasteiger charge is 2.16. The molecule has 82 valence electrons. The summed E-state index contributed by atoms with van der Waals surface area (Å²) in [6.07, 6.45) is 1.83. The van der Waals surface area contributed by atoms with Crippen LogP contribution in [0.15, 0.2) is 30.3 Å². The third-order valence-electron chi connectivity index (χ3n) is 2.43. The molecule has 1 N–H and O–H groups in total. The fourth-order valence-corrected chi connectivity index (χ4v) is 1.59. The van der Waals surface area contributed by atoms with Crippen LogP contribution in [-0.2, 0) is 9.53 Å². The van der Waals surface area contributed by atoms with E-state index in [-0.39, 0.29) is 11.9 Å². The maximum Gasteiger partial charge on any atom is 0.337 e. The van der Waals surface area contributed by atoms with Gasteiger partial charge < -0.3 is 10.1 Å². The second kappa shape index (κ2) is 4.18. The van der Waals surface area contributed by atoms with Gasteiger partial charge in [-0.2, -0.15) is 0 Å². The second-order valence-electron chi connectivity index (χ2n) is 3.40. The third-order valence-corrected chi connectivity index (χ3v) is 2.43.